The van der Waals surface area contributed by atoms with Gasteiger partial charge in [-0.3, -0.25) is 9.78 Å². The highest BCUT2D eigenvalue weighted by Crippen LogP contribution is 2.29. The Morgan fingerprint density at radius 2 is 2.00 bits per heavy atom. The van der Waals surface area contributed by atoms with Crippen molar-refractivity contribution in [1.82, 2.24) is 9.88 Å². The molecule has 1 aliphatic rings. The average molecular weight is 306 g/mol. The fourth-order valence-corrected chi connectivity index (χ4v) is 1.97. The van der Waals surface area contributed by atoms with Crippen LogP contribution in [0.25, 0.3) is 0 Å². The lowest BCUT2D eigenvalue weighted by Crippen LogP contribution is -2.39. The molecule has 5 nitrogen and oxygen atoms in total. The molecule has 1 saturated heterocycles. The van der Waals surface area contributed by atoms with Crippen molar-refractivity contribution >= 4 is 11.9 Å². The number of aliphatic carboxylic acids is 1. The van der Waals surface area contributed by atoms with Crippen molar-refractivity contribution in [3.63, 3.8) is 0 Å². The molecular weight excluding hydrogens is 296 g/mol. The van der Waals surface area contributed by atoms with E-state index in [0.717, 1.165) is 11.0 Å². The lowest BCUT2D eigenvalue weighted by molar-refractivity contribution is -0.149. The zero-order valence-electron chi connectivity index (χ0n) is 10.5. The van der Waals surface area contributed by atoms with Crippen LogP contribution in [0.3, 0.4) is 0 Å². The summed E-state index contributed by atoms with van der Waals surface area (Å²) in [6.07, 6.45) is -4.43. The van der Waals surface area contributed by atoms with Gasteiger partial charge in [-0.15, -0.1) is 0 Å². The monoisotopic (exact) mass is 306 g/mol. The first-order valence-electron chi connectivity index (χ1n) is 5.88. The van der Waals surface area contributed by atoms with Crippen LogP contribution in [0.4, 0.5) is 17.6 Å². The summed E-state index contributed by atoms with van der Waals surface area (Å²) in [6.45, 7) is -0.784. The summed E-state index contributed by atoms with van der Waals surface area (Å²) in [5.41, 5.74) is -3.83. The molecule has 1 aliphatic heterocycles. The summed E-state index contributed by atoms with van der Waals surface area (Å²) >= 11 is 0. The molecule has 0 saturated carbocycles. The number of carbonyl (C=O) groups excluding carboxylic acids is 1. The highest BCUT2D eigenvalue weighted by Gasteiger charge is 2.47. The molecule has 0 aliphatic carbocycles. The molecule has 0 bridgehead atoms. The van der Waals surface area contributed by atoms with Crippen molar-refractivity contribution in [1.29, 1.82) is 0 Å². The number of halogens is 4. The minimum atomic E-state index is -4.57. The van der Waals surface area contributed by atoms with Crippen LogP contribution in [0.2, 0.25) is 0 Å². The third-order valence-electron chi connectivity index (χ3n) is 3.20. The SMILES string of the molecule is O=C(c1ccc(C(F)(F)F)cn1)N1CCC(F)(C(=O)O)C1. The molecule has 1 amide bonds. The fourth-order valence-electron chi connectivity index (χ4n) is 1.97. The molecule has 1 aromatic rings. The van der Waals surface area contributed by atoms with E-state index < -0.39 is 35.8 Å². The average Bonchev–Trinajstić information content (AvgIpc) is 2.81. The fraction of sp³-hybridized carbons (Fsp3) is 0.417. The zero-order chi connectivity index (χ0) is 15.8. The van der Waals surface area contributed by atoms with Gasteiger partial charge < -0.3 is 10.0 Å². The molecule has 1 atom stereocenters. The number of carboxylic acid groups (broad SMARTS) is 1. The van der Waals surface area contributed by atoms with Gasteiger partial charge in [0.15, 0.2) is 0 Å². The predicted molar refractivity (Wildman–Crippen MR) is 61.2 cm³/mol. The van der Waals surface area contributed by atoms with Crippen LogP contribution in [0.1, 0.15) is 22.5 Å². The van der Waals surface area contributed by atoms with Gasteiger partial charge in [0, 0.05) is 19.2 Å². The number of amides is 1. The summed E-state index contributed by atoms with van der Waals surface area (Å²) in [4.78, 5) is 27.0. The second kappa shape index (κ2) is 4.97. The Hall–Kier alpha value is -2.19. The smallest absolute Gasteiger partial charge is 0.417 e. The van der Waals surface area contributed by atoms with E-state index in [-0.39, 0.29) is 18.7 Å². The maximum Gasteiger partial charge on any atom is 0.417 e. The first kappa shape index (κ1) is 15.2. The number of pyridine rings is 1. The number of nitrogens with zero attached hydrogens (tertiary/aromatic N) is 2. The molecule has 1 N–H and O–H groups in total. The minimum Gasteiger partial charge on any atom is -0.479 e. The van der Waals surface area contributed by atoms with E-state index in [0.29, 0.717) is 12.3 Å². The highest BCUT2D eigenvalue weighted by molar-refractivity contribution is 5.93. The quantitative estimate of drug-likeness (QED) is 0.845. The predicted octanol–water partition coefficient (Wildman–Crippen LogP) is 1.74. The number of alkyl halides is 4. The lowest BCUT2D eigenvalue weighted by atomic mass is 10.1. The topological polar surface area (TPSA) is 70.5 Å². The Labute approximate surface area is 116 Å². The van der Waals surface area contributed by atoms with Crippen molar-refractivity contribution in [3.05, 3.63) is 29.6 Å². The maximum absolute atomic E-state index is 13.8. The minimum absolute atomic E-state index is 0.135. The van der Waals surface area contributed by atoms with Crippen LogP contribution in [0.5, 0.6) is 0 Å². The number of carboxylic acids is 1. The van der Waals surface area contributed by atoms with Crippen molar-refractivity contribution in [2.45, 2.75) is 18.3 Å². The Balaban J connectivity index is 2.13. The molecule has 0 spiro atoms. The van der Waals surface area contributed by atoms with Crippen LogP contribution in [-0.2, 0) is 11.0 Å². The van der Waals surface area contributed by atoms with Crippen molar-refractivity contribution < 1.29 is 32.3 Å². The Kier molecular flexibility index (Phi) is 3.60. The number of likely N-dealkylation sites (tertiary alicyclic amines) is 1. The van der Waals surface area contributed by atoms with Crippen molar-refractivity contribution in [3.8, 4) is 0 Å². The van der Waals surface area contributed by atoms with Crippen LogP contribution >= 0.6 is 0 Å². The molecule has 114 valence electrons. The van der Waals surface area contributed by atoms with Crippen LogP contribution in [0, 0.1) is 0 Å². The van der Waals surface area contributed by atoms with Gasteiger partial charge >= 0.3 is 12.1 Å². The lowest BCUT2D eigenvalue weighted by Gasteiger charge is -2.17. The molecule has 1 fully saturated rings. The van der Waals surface area contributed by atoms with Crippen molar-refractivity contribution in [2.24, 2.45) is 0 Å². The summed E-state index contributed by atoms with van der Waals surface area (Å²) in [5.74, 6) is -2.47. The van der Waals surface area contributed by atoms with E-state index in [9.17, 15) is 27.2 Å². The second-order valence-electron chi connectivity index (χ2n) is 4.68. The maximum atomic E-state index is 13.8. The van der Waals surface area contributed by atoms with E-state index in [4.69, 9.17) is 5.11 Å². The van der Waals surface area contributed by atoms with Gasteiger partial charge in [-0.25, -0.2) is 9.18 Å². The van der Waals surface area contributed by atoms with E-state index in [2.05, 4.69) is 4.98 Å². The largest absolute Gasteiger partial charge is 0.479 e. The molecule has 0 aromatic carbocycles. The molecule has 2 rings (SSSR count). The van der Waals surface area contributed by atoms with Gasteiger partial charge in [0.2, 0.25) is 5.67 Å². The van der Waals surface area contributed by atoms with Gasteiger partial charge in [-0.05, 0) is 12.1 Å². The number of aromatic nitrogens is 1. The first-order valence-corrected chi connectivity index (χ1v) is 5.88. The number of rotatable bonds is 2. The van der Waals surface area contributed by atoms with Gasteiger partial charge in [0.05, 0.1) is 12.1 Å². The third kappa shape index (κ3) is 2.96. The van der Waals surface area contributed by atoms with Crippen molar-refractivity contribution in [2.75, 3.05) is 13.1 Å². The summed E-state index contributed by atoms with van der Waals surface area (Å²) in [6, 6.07) is 1.57. The van der Waals surface area contributed by atoms with Gasteiger partial charge in [-0.2, -0.15) is 13.2 Å². The first-order chi connectivity index (χ1) is 9.63. The number of hydrogen-bond donors (Lipinski definition) is 1. The van der Waals surface area contributed by atoms with Crippen LogP contribution in [0.15, 0.2) is 18.3 Å². The standard InChI is InChI=1S/C12H10F4N2O3/c13-11(10(20)21)3-4-18(6-11)9(19)8-2-1-7(5-17-8)12(14,15)16/h1-2,5H,3-4,6H2,(H,20,21). The Bertz CT molecular complexity index is 573. The zero-order valence-corrected chi connectivity index (χ0v) is 10.5. The van der Waals surface area contributed by atoms with Crippen LogP contribution < -0.4 is 0 Å². The van der Waals surface area contributed by atoms with Gasteiger partial charge in [0.25, 0.3) is 5.91 Å². The normalized spacial score (nSPS) is 22.4. The number of carbonyl (C=O) groups is 2. The van der Waals surface area contributed by atoms with Gasteiger partial charge in [-0.1, -0.05) is 0 Å². The highest BCUT2D eigenvalue weighted by atomic mass is 19.4. The molecule has 2 heterocycles. The molecule has 21 heavy (non-hydrogen) atoms. The molecule has 1 unspecified atom stereocenters. The number of hydrogen-bond acceptors (Lipinski definition) is 3. The molecule has 0 radical (unpaired) electrons. The molecule has 9 heteroatoms. The van der Waals surface area contributed by atoms with E-state index in [1.807, 2.05) is 0 Å². The third-order valence-corrected chi connectivity index (χ3v) is 3.20. The van der Waals surface area contributed by atoms with E-state index in [1.165, 1.54) is 0 Å². The van der Waals surface area contributed by atoms with E-state index in [1.54, 1.807) is 0 Å². The Morgan fingerprint density at radius 1 is 1.33 bits per heavy atom. The summed E-state index contributed by atoms with van der Waals surface area (Å²) < 4.78 is 50.9. The van der Waals surface area contributed by atoms with E-state index >= 15 is 0 Å². The molecule has 1 aromatic heterocycles. The van der Waals surface area contributed by atoms with Crippen LogP contribution in [-0.4, -0.2) is 45.6 Å². The summed E-state index contributed by atoms with van der Waals surface area (Å²) in [7, 11) is 0. The van der Waals surface area contributed by atoms with Gasteiger partial charge in [0.1, 0.15) is 5.69 Å². The Morgan fingerprint density at radius 3 is 2.43 bits per heavy atom. The summed E-state index contributed by atoms with van der Waals surface area (Å²) in [5, 5.41) is 8.71. The molecular formula is C12H10F4N2O3. The second-order valence-corrected chi connectivity index (χ2v) is 4.68.